The molecule has 33 valence electrons. The predicted octanol–water partition coefficient (Wildman–Crippen LogP) is 1.66. The number of nitrogens with zero attached hydrogens (tertiary/aromatic N) is 2. The molecule has 0 aromatic carbocycles. The summed E-state index contributed by atoms with van der Waals surface area (Å²) in [6.07, 6.45) is 0. The molecule has 6 heavy (non-hydrogen) atoms. The van der Waals surface area contributed by atoms with Crippen LogP contribution in [0.1, 0.15) is 0 Å². The molecule has 0 amide bonds. The summed E-state index contributed by atoms with van der Waals surface area (Å²) in [6.45, 7) is 0. The Labute approximate surface area is 48.5 Å². The Balaban J connectivity index is 0. The fourth-order valence-corrected chi connectivity index (χ4v) is 0. The molecule has 0 saturated carbocycles. The van der Waals surface area contributed by atoms with Gasteiger partial charge in [0.2, 0.25) is 0 Å². The Morgan fingerprint density at radius 3 is 1.67 bits per heavy atom. The summed E-state index contributed by atoms with van der Waals surface area (Å²) in [6, 6.07) is 0. The molecule has 0 aliphatic rings. The van der Waals surface area contributed by atoms with E-state index in [4.69, 9.17) is 11.1 Å². The molecule has 0 bridgehead atoms. The van der Waals surface area contributed by atoms with E-state index >= 15 is 0 Å². The van der Waals surface area contributed by atoms with E-state index in [1.54, 1.807) is 4.91 Å². The monoisotopic (exact) mass is 188 g/mol. The van der Waals surface area contributed by atoms with Gasteiger partial charge in [-0.05, 0) is 10.4 Å². The van der Waals surface area contributed by atoms with Gasteiger partial charge in [-0.1, -0.05) is 0 Å². The topological polar surface area (TPSA) is 60.3 Å². The van der Waals surface area contributed by atoms with Gasteiger partial charge < -0.3 is 0 Å². The van der Waals surface area contributed by atoms with Crippen LogP contribution < -0.4 is 0 Å². The van der Waals surface area contributed by atoms with Crippen molar-refractivity contribution in [3.05, 3.63) is 10.4 Å². The van der Waals surface area contributed by atoms with Crippen molar-refractivity contribution < 1.29 is 0 Å². The van der Waals surface area contributed by atoms with Crippen LogP contribution >= 0.6 is 0 Å². The van der Waals surface area contributed by atoms with Gasteiger partial charge in [0, 0.05) is 0 Å². The molecule has 0 atom stereocenters. The van der Waals surface area contributed by atoms with Gasteiger partial charge in [-0.15, -0.1) is 5.53 Å². The van der Waals surface area contributed by atoms with Gasteiger partial charge in [-0.2, -0.15) is 0 Å². The Kier molecular flexibility index (Phi) is 30.1. The molecule has 0 aromatic heterocycles. The zero-order valence-electron chi connectivity index (χ0n) is 3.97. The van der Waals surface area contributed by atoms with Crippen molar-refractivity contribution in [2.24, 2.45) is 0 Å². The minimum atomic E-state index is 0.110. The number of rotatable bonds is 0. The smallest absolute Gasteiger partial charge is 0.00208 e. The summed E-state index contributed by atoms with van der Waals surface area (Å²) in [5.74, 6) is 0. The Hall–Kier alpha value is 0.180. The summed E-state index contributed by atoms with van der Waals surface area (Å²) >= 11 is 0.110. The summed E-state index contributed by atoms with van der Waals surface area (Å²) in [7, 11) is 0. The second kappa shape index (κ2) is 19.0. The molecule has 0 fully saturated rings. The zero-order valence-corrected chi connectivity index (χ0v) is 7.27. The minimum absolute atomic E-state index is 0.110. The third-order valence-electron chi connectivity index (χ3n) is 0. The normalized spacial score (nSPS) is 3.67. The largest absolute Gasteiger partial charge is 0.108 e. The maximum absolute atomic E-state index is 6.86. The molecule has 0 aliphatic carbocycles. The number of nitrogens with one attached hydrogen (secondary N) is 1. The molecule has 0 saturated heterocycles. The Bertz CT molecular complexity index is 38.1. The first-order valence-corrected chi connectivity index (χ1v) is 8.17. The zero-order chi connectivity index (χ0) is 5.41. The first-order chi connectivity index (χ1) is 2.83. The Morgan fingerprint density at radius 1 is 1.67 bits per heavy atom. The van der Waals surface area contributed by atoms with Crippen LogP contribution in [-0.2, 0) is 0 Å². The first-order valence-electron chi connectivity index (χ1n) is 1.58. The summed E-state index contributed by atoms with van der Waals surface area (Å²) in [4.78, 5) is 1.75. The van der Waals surface area contributed by atoms with E-state index in [9.17, 15) is 0 Å². The van der Waals surface area contributed by atoms with Crippen molar-refractivity contribution in [1.29, 1.82) is 5.53 Å². The molecule has 0 heterocycles. The van der Waals surface area contributed by atoms with E-state index in [2.05, 4.69) is 9.36 Å². The van der Waals surface area contributed by atoms with E-state index in [-0.39, 0.29) is 22.9 Å². The van der Waals surface area contributed by atoms with Crippen LogP contribution in [-0.4, -0.2) is 22.9 Å². The van der Waals surface area contributed by atoms with E-state index in [0.29, 0.717) is 0 Å². The van der Waals surface area contributed by atoms with Crippen molar-refractivity contribution in [2.45, 2.75) is 9.36 Å². The molecule has 0 aromatic rings. The average molecular weight is 188 g/mol. The van der Waals surface area contributed by atoms with Crippen molar-refractivity contribution in [3.63, 3.8) is 0 Å². The second-order valence-corrected chi connectivity index (χ2v) is 3.97. The SMILES string of the molecule is [CH3][In][CH3].[N-]=[N+]=N. The summed E-state index contributed by atoms with van der Waals surface area (Å²) < 4.78 is 4.63. The molecule has 0 aliphatic heterocycles. The molecule has 0 unspecified atom stereocenters. The molecule has 0 spiro atoms. The van der Waals surface area contributed by atoms with Gasteiger partial charge >= 0.3 is 32.3 Å². The molecular formula is C2H7InN3. The van der Waals surface area contributed by atoms with Gasteiger partial charge in [0.15, 0.2) is 0 Å². The summed E-state index contributed by atoms with van der Waals surface area (Å²) in [5, 5.41) is 0. The van der Waals surface area contributed by atoms with Gasteiger partial charge in [0.25, 0.3) is 0 Å². The fraction of sp³-hybridized carbons (Fsp3) is 1.00. The van der Waals surface area contributed by atoms with Crippen LogP contribution in [0.3, 0.4) is 0 Å². The van der Waals surface area contributed by atoms with Crippen molar-refractivity contribution in [3.8, 4) is 0 Å². The van der Waals surface area contributed by atoms with Crippen molar-refractivity contribution >= 4 is 22.9 Å². The maximum atomic E-state index is 6.86. The summed E-state index contributed by atoms with van der Waals surface area (Å²) in [5.41, 5.74) is 12.2. The molecular weight excluding hydrogens is 181 g/mol. The van der Waals surface area contributed by atoms with Gasteiger partial charge in [0.05, 0.1) is 0 Å². The number of hydrogen-bond donors (Lipinski definition) is 1. The van der Waals surface area contributed by atoms with E-state index in [0.717, 1.165) is 0 Å². The predicted molar refractivity (Wildman–Crippen MR) is 26.9 cm³/mol. The van der Waals surface area contributed by atoms with E-state index < -0.39 is 0 Å². The number of hydrogen-bond acceptors (Lipinski definition) is 1. The van der Waals surface area contributed by atoms with E-state index in [1.807, 2.05) is 0 Å². The molecule has 0 rings (SSSR count). The molecule has 3 nitrogen and oxygen atoms in total. The van der Waals surface area contributed by atoms with Crippen molar-refractivity contribution in [2.75, 3.05) is 0 Å². The van der Waals surface area contributed by atoms with Gasteiger partial charge in [-0.25, -0.2) is 0 Å². The van der Waals surface area contributed by atoms with Crippen LogP contribution in [0.25, 0.3) is 10.4 Å². The first kappa shape index (κ1) is 9.49. The van der Waals surface area contributed by atoms with Crippen molar-refractivity contribution in [1.82, 2.24) is 0 Å². The third kappa shape index (κ3) is 1300. The second-order valence-electron chi connectivity index (χ2n) is 0.677. The standard InChI is InChI=1S/2CH3.In.HN3/c;;;1-3-2/h2*1H3;;1H. The van der Waals surface area contributed by atoms with Crippen LogP contribution in [0, 0.1) is 5.53 Å². The average Bonchev–Trinajstić information content (AvgIpc) is 1.39. The maximum Gasteiger partial charge on any atom is -0.00208 e. The van der Waals surface area contributed by atoms with Crippen LogP contribution in [0.4, 0.5) is 0 Å². The third-order valence-corrected chi connectivity index (χ3v) is 0. The van der Waals surface area contributed by atoms with Gasteiger partial charge in [-0.3, -0.25) is 0 Å². The quantitative estimate of drug-likeness (QED) is 0.341. The molecule has 4 heteroatoms. The minimum Gasteiger partial charge on any atom is -0.108 e. The fourth-order valence-electron chi connectivity index (χ4n) is 0. The van der Waals surface area contributed by atoms with Crippen LogP contribution in [0.15, 0.2) is 0 Å². The Morgan fingerprint density at radius 2 is 1.67 bits per heavy atom. The van der Waals surface area contributed by atoms with Crippen LogP contribution in [0.5, 0.6) is 0 Å². The van der Waals surface area contributed by atoms with Gasteiger partial charge in [0.1, 0.15) is 0 Å². The molecule has 1 radical (unpaired) electrons. The van der Waals surface area contributed by atoms with E-state index in [1.165, 1.54) is 0 Å². The molecule has 1 N–H and O–H groups in total. The van der Waals surface area contributed by atoms with Crippen LogP contribution in [0.2, 0.25) is 9.36 Å².